The minimum absolute atomic E-state index is 0.0958. The molecule has 12 nitrogen and oxygen atoms in total. The van der Waals surface area contributed by atoms with Crippen LogP contribution in [0.5, 0.6) is 0 Å². The van der Waals surface area contributed by atoms with E-state index in [-0.39, 0.29) is 11.6 Å². The number of fused-ring (bicyclic) bond motifs is 1. The fourth-order valence-corrected chi connectivity index (χ4v) is 4.81. The summed E-state index contributed by atoms with van der Waals surface area (Å²) in [6, 6.07) is 22.6. The predicted octanol–water partition coefficient (Wildman–Crippen LogP) is 2.79. The van der Waals surface area contributed by atoms with Crippen LogP contribution in [-0.2, 0) is 16.6 Å². The number of hydrogen-bond donors (Lipinski definition) is 2. The molecular weight excluding hydrogens is 592 g/mol. The summed E-state index contributed by atoms with van der Waals surface area (Å²) in [7, 11) is 1.71. The van der Waals surface area contributed by atoms with Crippen LogP contribution in [0.1, 0.15) is 5.69 Å². The fourth-order valence-electron chi connectivity index (χ4n) is 4.55. The summed E-state index contributed by atoms with van der Waals surface area (Å²) in [6.45, 7) is 1.71. The second-order valence-corrected chi connectivity index (χ2v) is 10.1. The van der Waals surface area contributed by atoms with Gasteiger partial charge < -0.3 is 0 Å². The zero-order valence-corrected chi connectivity index (χ0v) is 23.3. The summed E-state index contributed by atoms with van der Waals surface area (Å²) in [6.07, 6.45) is 0. The van der Waals surface area contributed by atoms with Gasteiger partial charge in [0.1, 0.15) is 5.69 Å². The molecule has 6 rings (SSSR count). The summed E-state index contributed by atoms with van der Waals surface area (Å²) in [4.78, 5) is 57.8. The quantitative estimate of drug-likeness (QED) is 0.293. The van der Waals surface area contributed by atoms with Gasteiger partial charge in [-0.3, -0.25) is 34.7 Å². The highest BCUT2D eigenvalue weighted by atomic mass is 79.9. The highest BCUT2D eigenvalue weighted by Gasteiger charge is 2.39. The Balaban J connectivity index is 1.41. The van der Waals surface area contributed by atoms with Crippen LogP contribution in [0, 0.1) is 6.92 Å². The molecule has 0 saturated carbocycles. The normalized spacial score (nSPS) is 14.2. The zero-order valence-electron chi connectivity index (χ0n) is 21.7. The molecule has 5 aromatic rings. The summed E-state index contributed by atoms with van der Waals surface area (Å²) >= 11 is 3.38. The van der Waals surface area contributed by atoms with Crippen LogP contribution in [0.3, 0.4) is 0 Å². The van der Waals surface area contributed by atoms with Crippen LogP contribution in [0.25, 0.3) is 22.3 Å². The molecule has 0 aliphatic carbocycles. The number of hydrazone groups is 1. The number of carbonyl (C=O) groups excluding carboxylic acids is 2. The van der Waals surface area contributed by atoms with Crippen molar-refractivity contribution in [3.63, 3.8) is 0 Å². The van der Waals surface area contributed by atoms with Crippen molar-refractivity contribution in [3.05, 3.63) is 110 Å². The lowest BCUT2D eigenvalue weighted by atomic mass is 10.2. The number of carbonyl (C=O) groups is 2. The number of amides is 2. The van der Waals surface area contributed by atoms with Gasteiger partial charge in [0.15, 0.2) is 0 Å². The number of halogens is 1. The van der Waals surface area contributed by atoms with Gasteiger partial charge in [0.25, 0.3) is 17.0 Å². The van der Waals surface area contributed by atoms with E-state index in [4.69, 9.17) is 0 Å². The zero-order chi connectivity index (χ0) is 28.8. The van der Waals surface area contributed by atoms with Crippen molar-refractivity contribution < 1.29 is 9.59 Å². The maximum absolute atomic E-state index is 13.6. The monoisotopic (exact) mass is 612 g/mol. The molecule has 2 amide bonds. The Morgan fingerprint density at radius 1 is 0.854 bits per heavy atom. The third-order valence-corrected chi connectivity index (χ3v) is 7.24. The molecule has 1 fully saturated rings. The number of benzene rings is 3. The number of nitrogens with one attached hydrogen (secondary N) is 2. The first-order chi connectivity index (χ1) is 19.8. The van der Waals surface area contributed by atoms with Crippen molar-refractivity contribution in [2.45, 2.75) is 6.92 Å². The summed E-state index contributed by atoms with van der Waals surface area (Å²) in [5.74, 6) is -1.81. The summed E-state index contributed by atoms with van der Waals surface area (Å²) in [5.41, 5.74) is 5.74. The SMILES string of the molecule is Cc1c(N/N=C2\C(=O)NN(c3nc4ccccc4c(=O)n3-c3ccc(Br)cc3)C2=O)c(=O)n(-c2ccccc2)n1C. The topological polar surface area (TPSA) is 136 Å². The van der Waals surface area contributed by atoms with E-state index in [9.17, 15) is 19.2 Å². The second-order valence-electron chi connectivity index (χ2n) is 9.14. The number of rotatable bonds is 5. The molecule has 0 unspecified atom stereocenters. The van der Waals surface area contributed by atoms with Gasteiger partial charge in [0, 0.05) is 11.5 Å². The van der Waals surface area contributed by atoms with Crippen LogP contribution in [0.4, 0.5) is 11.6 Å². The van der Waals surface area contributed by atoms with Crippen LogP contribution in [-0.4, -0.2) is 36.4 Å². The van der Waals surface area contributed by atoms with E-state index in [1.165, 1.54) is 9.25 Å². The lowest BCUT2D eigenvalue weighted by Gasteiger charge is -2.19. The number of nitrogens with zero attached hydrogens (tertiary/aromatic N) is 6. The first-order valence-corrected chi connectivity index (χ1v) is 13.2. The molecular formula is C28H21BrN8O4. The van der Waals surface area contributed by atoms with Gasteiger partial charge in [-0.15, -0.1) is 0 Å². The Hall–Kier alpha value is -5.30. The molecule has 2 N–H and O–H groups in total. The largest absolute Gasteiger partial charge is 0.305 e. The van der Waals surface area contributed by atoms with Gasteiger partial charge in [-0.2, -0.15) is 10.1 Å². The Morgan fingerprint density at radius 2 is 1.54 bits per heavy atom. The molecule has 0 bridgehead atoms. The van der Waals surface area contributed by atoms with E-state index in [2.05, 4.69) is 36.9 Å². The van der Waals surface area contributed by atoms with Gasteiger partial charge in [-0.05, 0) is 55.5 Å². The first kappa shape index (κ1) is 26.0. The molecule has 2 aromatic heterocycles. The number of para-hydroxylation sites is 2. The minimum atomic E-state index is -0.854. The van der Waals surface area contributed by atoms with E-state index in [0.717, 1.165) is 9.48 Å². The average molecular weight is 613 g/mol. The molecule has 1 aliphatic heterocycles. The van der Waals surface area contributed by atoms with Crippen molar-refractivity contribution >= 4 is 56.0 Å². The third-order valence-electron chi connectivity index (χ3n) is 6.71. The molecule has 204 valence electrons. The third kappa shape index (κ3) is 4.32. The van der Waals surface area contributed by atoms with E-state index in [1.54, 1.807) is 79.3 Å². The summed E-state index contributed by atoms with van der Waals surface area (Å²) in [5, 5.41) is 5.22. The van der Waals surface area contributed by atoms with Gasteiger partial charge in [0.2, 0.25) is 11.7 Å². The van der Waals surface area contributed by atoms with Crippen molar-refractivity contribution in [2.75, 3.05) is 10.4 Å². The molecule has 3 aromatic carbocycles. The van der Waals surface area contributed by atoms with Crippen LogP contribution >= 0.6 is 15.9 Å². The lowest BCUT2D eigenvalue weighted by molar-refractivity contribution is -0.114. The number of anilines is 2. The molecule has 1 aliphatic rings. The molecule has 0 radical (unpaired) electrons. The van der Waals surface area contributed by atoms with E-state index < -0.39 is 28.6 Å². The molecule has 0 spiro atoms. The van der Waals surface area contributed by atoms with Crippen molar-refractivity contribution in [1.29, 1.82) is 0 Å². The van der Waals surface area contributed by atoms with Crippen LogP contribution in [0.15, 0.2) is 98.0 Å². The number of hydrogen-bond acceptors (Lipinski definition) is 7. The molecule has 1 saturated heterocycles. The Bertz CT molecular complexity index is 2010. The van der Waals surface area contributed by atoms with E-state index in [0.29, 0.717) is 28.0 Å². The molecule has 41 heavy (non-hydrogen) atoms. The molecule has 3 heterocycles. The van der Waals surface area contributed by atoms with E-state index in [1.807, 2.05) is 18.2 Å². The van der Waals surface area contributed by atoms with Crippen molar-refractivity contribution in [3.8, 4) is 11.4 Å². The Kier molecular flexibility index (Phi) is 6.34. The lowest BCUT2D eigenvalue weighted by Crippen LogP contribution is -2.41. The van der Waals surface area contributed by atoms with Gasteiger partial charge in [-0.25, -0.2) is 14.2 Å². The number of hydrazine groups is 1. The average Bonchev–Trinajstić information content (AvgIpc) is 3.38. The Morgan fingerprint density at radius 3 is 2.27 bits per heavy atom. The van der Waals surface area contributed by atoms with E-state index >= 15 is 0 Å². The number of aromatic nitrogens is 4. The molecule has 13 heteroatoms. The predicted molar refractivity (Wildman–Crippen MR) is 157 cm³/mol. The smallest absolute Gasteiger partial charge is 0.283 e. The van der Waals surface area contributed by atoms with Crippen molar-refractivity contribution in [2.24, 2.45) is 12.1 Å². The maximum atomic E-state index is 13.6. The standard InChI is InChI=1S/C28H21BrN8O4/c1-16-22(27(41)37(34(16)2)19-8-4-3-5-9-19)31-32-23-24(38)33-36(26(23)40)28-30-21-11-7-6-10-20(21)25(39)35(28)18-14-12-17(29)13-15-18/h3-15,31H,1-2H3,(H,33,38)/b32-23+. The second kappa shape index (κ2) is 10.0. The highest BCUT2D eigenvalue weighted by Crippen LogP contribution is 2.22. The highest BCUT2D eigenvalue weighted by molar-refractivity contribution is 9.10. The van der Waals surface area contributed by atoms with Gasteiger partial charge in [0.05, 0.1) is 28.0 Å². The van der Waals surface area contributed by atoms with Gasteiger partial charge >= 0.3 is 5.91 Å². The van der Waals surface area contributed by atoms with Crippen molar-refractivity contribution in [1.82, 2.24) is 24.3 Å². The minimum Gasteiger partial charge on any atom is -0.283 e. The molecule has 0 atom stereocenters. The van der Waals surface area contributed by atoms with Gasteiger partial charge in [-0.1, -0.05) is 46.3 Å². The fraction of sp³-hybridized carbons (Fsp3) is 0.0714. The summed E-state index contributed by atoms with van der Waals surface area (Å²) < 4.78 is 5.11. The van der Waals surface area contributed by atoms with Crippen LogP contribution in [0.2, 0.25) is 0 Å². The maximum Gasteiger partial charge on any atom is 0.305 e. The van der Waals surface area contributed by atoms with Crippen LogP contribution < -0.4 is 27.0 Å². The Labute approximate surface area is 240 Å². The first-order valence-electron chi connectivity index (χ1n) is 12.4.